The predicted octanol–water partition coefficient (Wildman–Crippen LogP) is 4.16. The van der Waals surface area contributed by atoms with Crippen molar-refractivity contribution in [1.29, 1.82) is 0 Å². The third-order valence-corrected chi connectivity index (χ3v) is 6.34. The zero-order valence-corrected chi connectivity index (χ0v) is 18.0. The van der Waals surface area contributed by atoms with Crippen LogP contribution < -0.4 is 5.56 Å². The quantitative estimate of drug-likeness (QED) is 0.370. The van der Waals surface area contributed by atoms with E-state index >= 15 is 0 Å². The summed E-state index contributed by atoms with van der Waals surface area (Å²) >= 11 is 12.2. The number of pyridine rings is 1. The number of ether oxygens (including phenoxy) is 1. The smallest absolute Gasteiger partial charge is 0.261 e. The fraction of sp³-hybridized carbons (Fsp3) is 0.261. The largest absolute Gasteiger partial charge is 0.391 e. The highest BCUT2D eigenvalue weighted by Gasteiger charge is 2.27. The average molecular weight is 456 g/mol. The molecule has 31 heavy (non-hydrogen) atoms. The molecule has 1 aliphatic heterocycles. The summed E-state index contributed by atoms with van der Waals surface area (Å²) in [7, 11) is 0. The maximum Gasteiger partial charge on any atom is 0.261 e. The van der Waals surface area contributed by atoms with Crippen LogP contribution in [0, 0.1) is 0 Å². The normalized spacial score (nSPS) is 19.2. The lowest BCUT2D eigenvalue weighted by Gasteiger charge is -2.29. The maximum absolute atomic E-state index is 13.4. The Morgan fingerprint density at radius 3 is 2.68 bits per heavy atom. The minimum absolute atomic E-state index is 0.202. The summed E-state index contributed by atoms with van der Waals surface area (Å²) in [5.41, 5.74) is 2.18. The van der Waals surface area contributed by atoms with Gasteiger partial charge in [0.2, 0.25) is 0 Å². The number of hydrogen-bond acceptors (Lipinski definition) is 5. The molecule has 0 unspecified atom stereocenters. The monoisotopic (exact) mass is 455 g/mol. The van der Waals surface area contributed by atoms with Crippen LogP contribution in [0.2, 0.25) is 10.3 Å². The van der Waals surface area contributed by atoms with E-state index in [2.05, 4.69) is 9.97 Å². The molecular weight excluding hydrogens is 437 g/mol. The summed E-state index contributed by atoms with van der Waals surface area (Å²) in [6.45, 7) is 0.763. The van der Waals surface area contributed by atoms with Gasteiger partial charge in [0, 0.05) is 18.4 Å². The third kappa shape index (κ3) is 3.70. The van der Waals surface area contributed by atoms with E-state index in [0.29, 0.717) is 40.7 Å². The summed E-state index contributed by atoms with van der Waals surface area (Å²) in [5.74, 6) is 0. The van der Waals surface area contributed by atoms with Crippen LogP contribution in [0.1, 0.15) is 23.6 Å². The van der Waals surface area contributed by atoms with Crippen LogP contribution in [0.25, 0.3) is 21.7 Å². The molecule has 0 spiro atoms. The molecular formula is C23H19Cl2N3O3. The first-order valence-corrected chi connectivity index (χ1v) is 10.8. The van der Waals surface area contributed by atoms with Crippen LogP contribution in [0.15, 0.2) is 53.6 Å². The molecule has 6 nitrogen and oxygen atoms in total. The number of aliphatic hydroxyl groups is 1. The predicted molar refractivity (Wildman–Crippen MR) is 121 cm³/mol. The van der Waals surface area contributed by atoms with Crippen molar-refractivity contribution in [3.63, 3.8) is 0 Å². The van der Waals surface area contributed by atoms with Gasteiger partial charge in [-0.05, 0) is 35.1 Å². The zero-order chi connectivity index (χ0) is 21.5. The van der Waals surface area contributed by atoms with E-state index in [1.807, 2.05) is 36.4 Å². The van der Waals surface area contributed by atoms with Crippen molar-refractivity contribution >= 4 is 44.9 Å². The molecule has 4 aromatic rings. The number of aromatic nitrogens is 3. The van der Waals surface area contributed by atoms with Gasteiger partial charge in [-0.1, -0.05) is 53.5 Å². The Labute approximate surface area is 188 Å². The Kier molecular flexibility index (Phi) is 5.40. The van der Waals surface area contributed by atoms with Crippen LogP contribution in [0.5, 0.6) is 0 Å². The van der Waals surface area contributed by atoms with Crippen LogP contribution in [0.3, 0.4) is 0 Å². The lowest BCUT2D eigenvalue weighted by molar-refractivity contribution is -0.0303. The van der Waals surface area contributed by atoms with E-state index in [4.69, 9.17) is 27.9 Å². The van der Waals surface area contributed by atoms with Gasteiger partial charge < -0.3 is 9.84 Å². The summed E-state index contributed by atoms with van der Waals surface area (Å²) in [6.07, 6.45) is 1.84. The fourth-order valence-electron chi connectivity index (χ4n) is 4.19. The fourth-order valence-corrected chi connectivity index (χ4v) is 4.60. The molecule has 1 fully saturated rings. The van der Waals surface area contributed by atoms with E-state index < -0.39 is 12.1 Å². The van der Waals surface area contributed by atoms with Crippen LogP contribution in [0.4, 0.5) is 0 Å². The van der Waals surface area contributed by atoms with E-state index in [9.17, 15) is 9.90 Å². The second-order valence-corrected chi connectivity index (χ2v) is 8.44. The first kappa shape index (κ1) is 20.4. The number of nitrogens with zero attached hydrogens (tertiary/aromatic N) is 3. The molecule has 1 aliphatic rings. The highest BCUT2D eigenvalue weighted by Crippen LogP contribution is 2.30. The second kappa shape index (κ2) is 8.20. The molecule has 5 rings (SSSR count). The SMILES string of the molecule is O=c1c2cc(Cc3ccc(Cl)nc3Cl)c3ccccc3c2ncn1[C@H]1COCC[C@@H]1O. The van der Waals surface area contributed by atoms with Crippen LogP contribution in [-0.2, 0) is 11.2 Å². The molecule has 3 heterocycles. The van der Waals surface area contributed by atoms with Crippen molar-refractivity contribution in [3.05, 3.63) is 80.6 Å². The molecule has 0 aliphatic carbocycles. The highest BCUT2D eigenvalue weighted by molar-refractivity contribution is 6.32. The average Bonchev–Trinajstić information content (AvgIpc) is 2.77. The number of fused-ring (bicyclic) bond motifs is 3. The van der Waals surface area contributed by atoms with Crippen molar-refractivity contribution in [2.45, 2.75) is 25.0 Å². The summed E-state index contributed by atoms with van der Waals surface area (Å²) < 4.78 is 6.98. The molecule has 158 valence electrons. The minimum Gasteiger partial charge on any atom is -0.391 e. The van der Waals surface area contributed by atoms with Gasteiger partial charge in [-0.15, -0.1) is 0 Å². The summed E-state index contributed by atoms with van der Waals surface area (Å²) in [6, 6.07) is 12.8. The maximum atomic E-state index is 13.4. The Morgan fingerprint density at radius 2 is 1.90 bits per heavy atom. The Balaban J connectivity index is 1.71. The van der Waals surface area contributed by atoms with Gasteiger partial charge >= 0.3 is 0 Å². The van der Waals surface area contributed by atoms with Gasteiger partial charge in [0.15, 0.2) is 0 Å². The minimum atomic E-state index is -0.649. The summed E-state index contributed by atoms with van der Waals surface area (Å²) in [4.78, 5) is 22.2. The molecule has 0 saturated carbocycles. The van der Waals surface area contributed by atoms with Crippen molar-refractivity contribution in [1.82, 2.24) is 14.5 Å². The van der Waals surface area contributed by atoms with E-state index in [1.165, 1.54) is 10.9 Å². The van der Waals surface area contributed by atoms with Crippen LogP contribution in [-0.4, -0.2) is 39.0 Å². The number of benzene rings is 2. The number of halogens is 2. The van der Waals surface area contributed by atoms with E-state index in [1.54, 1.807) is 6.07 Å². The van der Waals surface area contributed by atoms with Gasteiger partial charge in [-0.3, -0.25) is 9.36 Å². The standard InChI is InChI=1S/C23H19Cl2N3O3/c24-20-6-5-13(22(25)27-20)9-14-10-17-21(16-4-2-1-3-15(14)16)26-12-28(23(17)30)18-11-31-8-7-19(18)29/h1-6,10,12,18-19,29H,7-9,11H2/t18-,19-/m0/s1. The Hall–Kier alpha value is -2.51. The van der Waals surface area contributed by atoms with Crippen molar-refractivity contribution in [2.75, 3.05) is 13.2 Å². The van der Waals surface area contributed by atoms with Gasteiger partial charge in [0.05, 0.1) is 36.0 Å². The number of hydrogen-bond donors (Lipinski definition) is 1. The van der Waals surface area contributed by atoms with Gasteiger partial charge in [-0.2, -0.15) is 0 Å². The topological polar surface area (TPSA) is 77.2 Å². The van der Waals surface area contributed by atoms with Crippen LogP contribution >= 0.6 is 23.2 Å². The van der Waals surface area contributed by atoms with Crippen molar-refractivity contribution < 1.29 is 9.84 Å². The van der Waals surface area contributed by atoms with Crippen molar-refractivity contribution in [2.24, 2.45) is 0 Å². The van der Waals surface area contributed by atoms with Crippen molar-refractivity contribution in [3.8, 4) is 0 Å². The molecule has 2 aromatic carbocycles. The molecule has 2 aromatic heterocycles. The third-order valence-electron chi connectivity index (χ3n) is 5.80. The molecule has 1 N–H and O–H groups in total. The van der Waals surface area contributed by atoms with Gasteiger partial charge in [0.1, 0.15) is 10.3 Å². The highest BCUT2D eigenvalue weighted by atomic mass is 35.5. The Bertz CT molecular complexity index is 1360. The molecule has 0 bridgehead atoms. The van der Waals surface area contributed by atoms with E-state index in [-0.39, 0.29) is 12.2 Å². The number of rotatable bonds is 3. The molecule has 0 amide bonds. The van der Waals surface area contributed by atoms with E-state index in [0.717, 1.165) is 21.9 Å². The zero-order valence-electron chi connectivity index (χ0n) is 16.5. The lowest BCUT2D eigenvalue weighted by atomic mass is 9.96. The molecule has 1 saturated heterocycles. The van der Waals surface area contributed by atoms with Gasteiger partial charge in [0.25, 0.3) is 5.56 Å². The first-order chi connectivity index (χ1) is 15.0. The molecule has 8 heteroatoms. The summed E-state index contributed by atoms with van der Waals surface area (Å²) in [5, 5.41) is 13.4. The lowest BCUT2D eigenvalue weighted by Crippen LogP contribution is -2.39. The van der Waals surface area contributed by atoms with Gasteiger partial charge in [-0.25, -0.2) is 9.97 Å². The Morgan fingerprint density at radius 1 is 1.10 bits per heavy atom. The number of aliphatic hydroxyl groups excluding tert-OH is 1. The second-order valence-electron chi connectivity index (χ2n) is 7.69. The first-order valence-electron chi connectivity index (χ1n) is 10.0. The molecule has 2 atom stereocenters. The molecule has 0 radical (unpaired) electrons.